The Kier molecular flexibility index (Phi) is 6.65. The maximum absolute atomic E-state index is 12.2. The van der Waals surface area contributed by atoms with Gasteiger partial charge < -0.3 is 10.6 Å². The molecule has 0 aliphatic heterocycles. The summed E-state index contributed by atoms with van der Waals surface area (Å²) in [5.41, 5.74) is 1.21. The lowest BCUT2D eigenvalue weighted by molar-refractivity contribution is -0.384. The summed E-state index contributed by atoms with van der Waals surface area (Å²) in [6.07, 6.45) is 2.88. The summed E-state index contributed by atoms with van der Waals surface area (Å²) in [5.74, 6) is -0.708. The Morgan fingerprint density at radius 2 is 1.60 bits per heavy atom. The molecule has 1 heterocycles. The average molecular weight is 448 g/mol. The van der Waals surface area contributed by atoms with Crippen LogP contribution in [0.5, 0.6) is 0 Å². The fourth-order valence-electron chi connectivity index (χ4n) is 2.50. The first-order valence-corrected chi connectivity index (χ1v) is 9.41. The Bertz CT molecular complexity index is 1100. The topological polar surface area (TPSA) is 119 Å². The molecule has 0 spiro atoms. The number of carbonyl (C=O) groups is 2. The van der Waals surface area contributed by atoms with Crippen LogP contribution in [0.1, 0.15) is 20.7 Å². The lowest BCUT2D eigenvalue weighted by atomic mass is 10.2. The number of nitrogens with one attached hydrogen (secondary N) is 2. The number of benzene rings is 2. The molecule has 0 atom stereocenters. The highest BCUT2D eigenvalue weighted by Gasteiger charge is 2.11. The second kappa shape index (κ2) is 9.38. The van der Waals surface area contributed by atoms with Crippen molar-refractivity contribution in [2.45, 2.75) is 0 Å². The van der Waals surface area contributed by atoms with Gasteiger partial charge in [0.05, 0.1) is 32.4 Å². The lowest BCUT2D eigenvalue weighted by Gasteiger charge is -2.07. The summed E-state index contributed by atoms with van der Waals surface area (Å²) < 4.78 is 1.44. The van der Waals surface area contributed by atoms with Crippen LogP contribution in [0.25, 0.3) is 5.69 Å². The van der Waals surface area contributed by atoms with E-state index in [0.29, 0.717) is 21.8 Å². The maximum Gasteiger partial charge on any atom is 0.269 e. The molecule has 0 saturated carbocycles. The van der Waals surface area contributed by atoms with Gasteiger partial charge in [0.2, 0.25) is 0 Å². The third-order valence-corrected chi connectivity index (χ3v) is 4.79. The first-order valence-electron chi connectivity index (χ1n) is 8.66. The molecule has 30 heavy (non-hydrogen) atoms. The number of nitro groups is 1. The Hall–Kier alpha value is -3.43. The summed E-state index contributed by atoms with van der Waals surface area (Å²) in [6, 6.07) is 10.3. The summed E-state index contributed by atoms with van der Waals surface area (Å²) in [5, 5.41) is 20.8. The third-order valence-electron chi connectivity index (χ3n) is 4.05. The van der Waals surface area contributed by atoms with Gasteiger partial charge in [-0.25, -0.2) is 4.68 Å². The minimum absolute atomic E-state index is 0.0354. The second-order valence-electron chi connectivity index (χ2n) is 6.09. The summed E-state index contributed by atoms with van der Waals surface area (Å²) in [7, 11) is 0. The summed E-state index contributed by atoms with van der Waals surface area (Å²) in [6.45, 7) is 0.413. The van der Waals surface area contributed by atoms with E-state index in [-0.39, 0.29) is 35.6 Å². The highest BCUT2D eigenvalue weighted by molar-refractivity contribution is 6.42. The Morgan fingerprint density at radius 1 is 0.967 bits per heavy atom. The Morgan fingerprint density at radius 3 is 2.20 bits per heavy atom. The van der Waals surface area contributed by atoms with Crippen LogP contribution in [0, 0.1) is 10.1 Å². The Labute approximate surface area is 180 Å². The lowest BCUT2D eigenvalue weighted by Crippen LogP contribution is -2.34. The molecule has 0 radical (unpaired) electrons. The molecule has 2 aromatic carbocycles. The van der Waals surface area contributed by atoms with Gasteiger partial charge >= 0.3 is 0 Å². The van der Waals surface area contributed by atoms with E-state index in [9.17, 15) is 19.7 Å². The molecular weight excluding hydrogens is 433 g/mol. The highest BCUT2D eigenvalue weighted by Crippen LogP contribution is 2.22. The molecule has 0 saturated heterocycles. The zero-order chi connectivity index (χ0) is 21.7. The number of nitro benzene ring substituents is 1. The van der Waals surface area contributed by atoms with Crippen molar-refractivity contribution in [2.75, 3.05) is 13.1 Å². The van der Waals surface area contributed by atoms with E-state index in [0.717, 1.165) is 0 Å². The highest BCUT2D eigenvalue weighted by atomic mass is 35.5. The van der Waals surface area contributed by atoms with E-state index in [1.165, 1.54) is 53.5 Å². The van der Waals surface area contributed by atoms with Crippen LogP contribution in [0.3, 0.4) is 0 Å². The molecule has 2 N–H and O–H groups in total. The van der Waals surface area contributed by atoms with Crippen molar-refractivity contribution < 1.29 is 14.5 Å². The van der Waals surface area contributed by atoms with Crippen molar-refractivity contribution in [1.82, 2.24) is 20.4 Å². The molecule has 3 aromatic rings. The molecule has 0 bridgehead atoms. The van der Waals surface area contributed by atoms with Crippen molar-refractivity contribution in [3.63, 3.8) is 0 Å². The monoisotopic (exact) mass is 447 g/mol. The van der Waals surface area contributed by atoms with Crippen LogP contribution in [0.15, 0.2) is 54.9 Å². The molecule has 3 rings (SSSR count). The fraction of sp³-hybridized carbons (Fsp3) is 0.105. The smallest absolute Gasteiger partial charge is 0.269 e. The van der Waals surface area contributed by atoms with Gasteiger partial charge in [0.1, 0.15) is 0 Å². The van der Waals surface area contributed by atoms with E-state index in [4.69, 9.17) is 23.2 Å². The van der Waals surface area contributed by atoms with Gasteiger partial charge in [0, 0.05) is 37.0 Å². The quantitative estimate of drug-likeness (QED) is 0.327. The van der Waals surface area contributed by atoms with E-state index in [1.54, 1.807) is 6.07 Å². The van der Waals surface area contributed by atoms with Crippen LogP contribution in [-0.2, 0) is 0 Å². The number of hydrogen-bond donors (Lipinski definition) is 2. The molecule has 1 aromatic heterocycles. The molecule has 0 unspecified atom stereocenters. The average Bonchev–Trinajstić information content (AvgIpc) is 3.23. The minimum Gasteiger partial charge on any atom is -0.350 e. The SMILES string of the molecule is O=C(NCCNC(=O)c1cnn(-c2ccc([N+](=O)[O-])cc2)c1)c1ccc(Cl)c(Cl)c1. The van der Waals surface area contributed by atoms with Crippen LogP contribution >= 0.6 is 23.2 Å². The number of hydrogen-bond acceptors (Lipinski definition) is 5. The molecule has 154 valence electrons. The van der Waals surface area contributed by atoms with Gasteiger partial charge in [0.15, 0.2) is 0 Å². The van der Waals surface area contributed by atoms with Gasteiger partial charge in [-0.3, -0.25) is 19.7 Å². The maximum atomic E-state index is 12.2. The molecule has 0 aliphatic carbocycles. The molecule has 0 fully saturated rings. The Balaban J connectivity index is 1.50. The van der Waals surface area contributed by atoms with Gasteiger partial charge in [-0.2, -0.15) is 5.10 Å². The van der Waals surface area contributed by atoms with Crippen LogP contribution in [0.2, 0.25) is 10.0 Å². The van der Waals surface area contributed by atoms with Crippen LogP contribution in [-0.4, -0.2) is 39.6 Å². The normalized spacial score (nSPS) is 10.5. The zero-order valence-corrected chi connectivity index (χ0v) is 16.9. The van der Waals surface area contributed by atoms with E-state index >= 15 is 0 Å². The molecule has 11 heteroatoms. The largest absolute Gasteiger partial charge is 0.350 e. The van der Waals surface area contributed by atoms with Crippen molar-refractivity contribution in [2.24, 2.45) is 0 Å². The first-order chi connectivity index (χ1) is 14.3. The summed E-state index contributed by atoms with van der Waals surface area (Å²) >= 11 is 11.7. The summed E-state index contributed by atoms with van der Waals surface area (Å²) in [4.78, 5) is 34.5. The number of nitrogens with zero attached hydrogens (tertiary/aromatic N) is 3. The van der Waals surface area contributed by atoms with Crippen molar-refractivity contribution in [3.8, 4) is 5.69 Å². The number of rotatable bonds is 7. The molecular formula is C19H15Cl2N5O4. The van der Waals surface area contributed by atoms with E-state index in [1.807, 2.05) is 0 Å². The fourth-order valence-corrected chi connectivity index (χ4v) is 2.80. The van der Waals surface area contributed by atoms with Gasteiger partial charge in [-0.05, 0) is 30.3 Å². The standard InChI is InChI=1S/C19H15Cl2N5O4/c20-16-6-1-12(9-17(16)21)18(27)22-7-8-23-19(28)13-10-24-25(11-13)14-2-4-15(5-3-14)26(29)30/h1-6,9-11H,7-8H2,(H,22,27)(H,23,28). The molecule has 0 aliphatic rings. The van der Waals surface area contributed by atoms with Gasteiger partial charge in [0.25, 0.3) is 17.5 Å². The number of carbonyl (C=O) groups excluding carboxylic acids is 2. The van der Waals surface area contributed by atoms with Crippen molar-refractivity contribution in [3.05, 3.63) is 86.1 Å². The number of non-ortho nitro benzene ring substituents is 1. The number of aromatic nitrogens is 2. The third kappa shape index (κ3) is 5.13. The predicted octanol–water partition coefficient (Wildman–Crippen LogP) is 3.25. The zero-order valence-electron chi connectivity index (χ0n) is 15.3. The van der Waals surface area contributed by atoms with Crippen LogP contribution in [0.4, 0.5) is 5.69 Å². The van der Waals surface area contributed by atoms with Crippen molar-refractivity contribution in [1.29, 1.82) is 0 Å². The molecule has 2 amide bonds. The minimum atomic E-state index is -0.494. The van der Waals surface area contributed by atoms with Gasteiger partial charge in [-0.1, -0.05) is 23.2 Å². The number of halogens is 2. The molecule has 9 nitrogen and oxygen atoms in total. The predicted molar refractivity (Wildman–Crippen MR) is 111 cm³/mol. The van der Waals surface area contributed by atoms with E-state index < -0.39 is 4.92 Å². The van der Waals surface area contributed by atoms with Crippen molar-refractivity contribution >= 4 is 40.7 Å². The van der Waals surface area contributed by atoms with Gasteiger partial charge in [-0.15, -0.1) is 0 Å². The second-order valence-corrected chi connectivity index (χ2v) is 6.90. The first kappa shape index (κ1) is 21.3. The number of amides is 2. The van der Waals surface area contributed by atoms with Crippen LogP contribution < -0.4 is 10.6 Å². The van der Waals surface area contributed by atoms with E-state index in [2.05, 4.69) is 15.7 Å².